The molecule has 0 bridgehead atoms. The molecule has 0 fully saturated rings. The number of aromatic nitrogens is 1. The van der Waals surface area contributed by atoms with Gasteiger partial charge in [0, 0.05) is 19.4 Å². The Labute approximate surface area is 279 Å². The van der Waals surface area contributed by atoms with Gasteiger partial charge in [-0.3, -0.25) is 14.4 Å². The monoisotopic (exact) mass is 687 g/mol. The predicted octanol–water partition coefficient (Wildman–Crippen LogP) is 2.54. The highest BCUT2D eigenvalue weighted by Gasteiger charge is 2.34. The van der Waals surface area contributed by atoms with E-state index in [0.29, 0.717) is 30.3 Å². The third-order valence-electron chi connectivity index (χ3n) is 7.56. The van der Waals surface area contributed by atoms with Gasteiger partial charge in [-0.2, -0.15) is 0 Å². The summed E-state index contributed by atoms with van der Waals surface area (Å²) < 4.78 is 36.1. The molecular formula is C32H57N5O9S. The number of aliphatic hydroxyl groups excluding tert-OH is 1. The highest BCUT2D eigenvalue weighted by molar-refractivity contribution is 7.92. The number of amides is 4. The van der Waals surface area contributed by atoms with Crippen LogP contribution in [0.4, 0.5) is 4.79 Å². The lowest BCUT2D eigenvalue weighted by Crippen LogP contribution is -2.56. The normalized spacial score (nSPS) is 15.2. The summed E-state index contributed by atoms with van der Waals surface area (Å²) in [5.41, 5.74) is 0.377. The number of hydrogen-bond donors (Lipinski definition) is 5. The molecule has 0 aromatic carbocycles. The molecule has 14 nitrogen and oxygen atoms in total. The molecule has 270 valence electrons. The molecule has 1 rings (SSSR count). The van der Waals surface area contributed by atoms with Crippen LogP contribution in [0.2, 0.25) is 0 Å². The second-order valence-corrected chi connectivity index (χ2v) is 16.3. The van der Waals surface area contributed by atoms with Gasteiger partial charge in [-0.05, 0) is 51.4 Å². The third-order valence-corrected chi connectivity index (χ3v) is 9.79. The average Bonchev–Trinajstić information content (AvgIpc) is 3.27. The maximum Gasteiger partial charge on any atom is 0.408 e. The first kappa shape index (κ1) is 41.8. The van der Waals surface area contributed by atoms with Crippen LogP contribution >= 0.6 is 0 Å². The van der Waals surface area contributed by atoms with Crippen molar-refractivity contribution >= 4 is 33.7 Å². The molecule has 5 atom stereocenters. The molecule has 0 saturated heterocycles. The molecule has 1 aromatic rings. The number of rotatable bonds is 19. The Kier molecular flexibility index (Phi) is 16.9. The van der Waals surface area contributed by atoms with Crippen LogP contribution in [0.3, 0.4) is 0 Å². The molecule has 0 aliphatic heterocycles. The molecule has 0 radical (unpaired) electrons. The number of nitrogens with one attached hydrogen (secondary N) is 4. The lowest BCUT2D eigenvalue weighted by molar-refractivity contribution is -0.132. The van der Waals surface area contributed by atoms with E-state index in [9.17, 15) is 32.7 Å². The van der Waals surface area contributed by atoms with Crippen molar-refractivity contribution in [2.24, 2.45) is 23.7 Å². The lowest BCUT2D eigenvalue weighted by Gasteiger charge is -2.30. The van der Waals surface area contributed by atoms with Crippen LogP contribution < -0.4 is 21.3 Å². The van der Waals surface area contributed by atoms with Crippen molar-refractivity contribution in [1.29, 1.82) is 0 Å². The Morgan fingerprint density at radius 1 is 0.851 bits per heavy atom. The third kappa shape index (κ3) is 14.6. The number of sulfone groups is 1. The number of ether oxygens (including phenoxy) is 1. The number of hydrogen-bond acceptors (Lipinski definition) is 10. The van der Waals surface area contributed by atoms with E-state index in [1.54, 1.807) is 20.8 Å². The van der Waals surface area contributed by atoms with E-state index in [4.69, 9.17) is 9.15 Å². The van der Waals surface area contributed by atoms with Gasteiger partial charge in [0.05, 0.1) is 23.1 Å². The zero-order chi connectivity index (χ0) is 36.2. The number of aryl methyl sites for hydroxylation is 2. The Balaban J connectivity index is 3.07. The van der Waals surface area contributed by atoms with Crippen LogP contribution in [0.25, 0.3) is 0 Å². The van der Waals surface area contributed by atoms with E-state index in [1.165, 1.54) is 13.8 Å². The van der Waals surface area contributed by atoms with Gasteiger partial charge in [0.2, 0.25) is 17.7 Å². The summed E-state index contributed by atoms with van der Waals surface area (Å²) in [4.78, 5) is 56.2. The van der Waals surface area contributed by atoms with Crippen LogP contribution in [-0.2, 0) is 35.6 Å². The van der Waals surface area contributed by atoms with Gasteiger partial charge in [-0.15, -0.1) is 0 Å². The van der Waals surface area contributed by atoms with Crippen LogP contribution in [0, 0.1) is 37.5 Å². The number of oxazole rings is 1. The fraction of sp³-hybridized carbons (Fsp3) is 0.781. The quantitative estimate of drug-likeness (QED) is 0.144. The molecule has 1 aromatic heterocycles. The molecule has 0 spiro atoms. The zero-order valence-electron chi connectivity index (χ0n) is 29.8. The van der Waals surface area contributed by atoms with E-state index in [-0.39, 0.29) is 36.7 Å². The maximum absolute atomic E-state index is 13.5. The lowest BCUT2D eigenvalue weighted by atomic mass is 9.91. The Hall–Kier alpha value is -3.20. The topological polar surface area (TPSA) is 206 Å². The van der Waals surface area contributed by atoms with E-state index in [1.807, 2.05) is 41.5 Å². The number of carbonyl (C=O) groups excluding carboxylic acids is 4. The molecule has 0 aliphatic carbocycles. The minimum absolute atomic E-state index is 0.000940. The summed E-state index contributed by atoms with van der Waals surface area (Å²) in [5.74, 6) is -2.09. The molecule has 0 saturated carbocycles. The first-order chi connectivity index (χ1) is 21.6. The number of alkyl carbamates (subject to hydrolysis) is 1. The van der Waals surface area contributed by atoms with Crippen LogP contribution in [-0.4, -0.2) is 84.1 Å². The Bertz CT molecular complexity index is 1290. The molecule has 47 heavy (non-hydrogen) atoms. The van der Waals surface area contributed by atoms with Crippen molar-refractivity contribution in [3.8, 4) is 0 Å². The van der Waals surface area contributed by atoms with Gasteiger partial charge in [-0.1, -0.05) is 48.5 Å². The molecule has 1 unspecified atom stereocenters. The minimum atomic E-state index is -3.81. The molecule has 0 aliphatic rings. The van der Waals surface area contributed by atoms with Gasteiger partial charge >= 0.3 is 6.09 Å². The molecule has 1 heterocycles. The van der Waals surface area contributed by atoms with E-state index < -0.39 is 68.9 Å². The average molecular weight is 688 g/mol. The van der Waals surface area contributed by atoms with Crippen LogP contribution in [0.5, 0.6) is 0 Å². The highest BCUT2D eigenvalue weighted by atomic mass is 32.2. The SMILES string of the molecule is Cc1nc(COC(=O)NC(CS(=O)(=O)C(C)C)C(=O)N[C@H](CC(C)C)[C@@H](O)C[C@@H](C)C(=O)N[C@@H](C(=O)NCC(C)C)C(C)C)c(C)o1. The fourth-order valence-electron chi connectivity index (χ4n) is 4.61. The van der Waals surface area contributed by atoms with Crippen LogP contribution in [0.15, 0.2) is 4.42 Å². The second-order valence-electron chi connectivity index (χ2n) is 13.7. The van der Waals surface area contributed by atoms with Gasteiger partial charge in [0.15, 0.2) is 15.7 Å². The van der Waals surface area contributed by atoms with Gasteiger partial charge in [0.1, 0.15) is 30.1 Å². The highest BCUT2D eigenvalue weighted by Crippen LogP contribution is 2.17. The molecule has 4 amide bonds. The van der Waals surface area contributed by atoms with Crippen molar-refractivity contribution in [2.75, 3.05) is 12.3 Å². The van der Waals surface area contributed by atoms with E-state index in [2.05, 4.69) is 26.3 Å². The first-order valence-electron chi connectivity index (χ1n) is 16.3. The number of aliphatic hydroxyl groups is 1. The maximum atomic E-state index is 13.5. The fourth-order valence-corrected chi connectivity index (χ4v) is 5.70. The summed E-state index contributed by atoms with van der Waals surface area (Å²) in [7, 11) is -3.81. The Morgan fingerprint density at radius 3 is 1.96 bits per heavy atom. The minimum Gasteiger partial charge on any atom is -0.446 e. The van der Waals surface area contributed by atoms with Gasteiger partial charge in [-0.25, -0.2) is 18.2 Å². The predicted molar refractivity (Wildman–Crippen MR) is 178 cm³/mol. The summed E-state index contributed by atoms with van der Waals surface area (Å²) >= 11 is 0. The molecule has 5 N–H and O–H groups in total. The van der Waals surface area contributed by atoms with Crippen molar-refractivity contribution in [2.45, 2.75) is 125 Å². The smallest absolute Gasteiger partial charge is 0.408 e. The van der Waals surface area contributed by atoms with Crippen molar-refractivity contribution in [3.63, 3.8) is 0 Å². The van der Waals surface area contributed by atoms with Crippen LogP contribution in [0.1, 0.15) is 92.5 Å². The van der Waals surface area contributed by atoms with Gasteiger partial charge in [0.25, 0.3) is 0 Å². The standard InChI is InChI=1S/C32H57N5O9S/c1-17(2)12-24(27(38)13-21(9)29(39)37-28(19(5)6)31(41)33-14-18(3)4)35-30(40)26(16-47(43,44)20(7)8)36-32(42)45-15-25-22(10)46-23(11)34-25/h17-21,24,26-28,38H,12-16H2,1-11H3,(H,33,41)(H,35,40)(H,36,42)(H,37,39)/t21-,24-,26?,27+,28-/m1/s1. The van der Waals surface area contributed by atoms with Crippen molar-refractivity contribution in [1.82, 2.24) is 26.3 Å². The largest absolute Gasteiger partial charge is 0.446 e. The molecular weight excluding hydrogens is 630 g/mol. The first-order valence-corrected chi connectivity index (χ1v) is 18.0. The van der Waals surface area contributed by atoms with Crippen molar-refractivity contribution < 1.29 is 41.9 Å². The summed E-state index contributed by atoms with van der Waals surface area (Å²) in [6, 6.07) is -3.18. The van der Waals surface area contributed by atoms with Gasteiger partial charge < -0.3 is 35.5 Å². The zero-order valence-corrected chi connectivity index (χ0v) is 30.6. The number of carbonyl (C=O) groups is 4. The summed E-state index contributed by atoms with van der Waals surface area (Å²) in [5, 5.41) is 21.1. The second kappa shape index (κ2) is 19.0. The summed E-state index contributed by atoms with van der Waals surface area (Å²) in [6.07, 6.45) is -2.00. The van der Waals surface area contributed by atoms with E-state index >= 15 is 0 Å². The van der Waals surface area contributed by atoms with E-state index in [0.717, 1.165) is 0 Å². The van der Waals surface area contributed by atoms with Crippen molar-refractivity contribution in [3.05, 3.63) is 17.3 Å². The Morgan fingerprint density at radius 2 is 1.47 bits per heavy atom. The molecule has 15 heteroatoms. The number of nitrogens with zero attached hydrogens (tertiary/aromatic N) is 1. The summed E-state index contributed by atoms with van der Waals surface area (Å²) in [6.45, 7) is 19.4.